The maximum Gasteiger partial charge on any atom is 0.134 e. The lowest BCUT2D eigenvalue weighted by atomic mass is 10.0. The van der Waals surface area contributed by atoms with Crippen molar-refractivity contribution in [3.8, 4) is 0 Å². The Hall–Kier alpha value is -1.06. The molecular formula is C16H18BrNO. The summed E-state index contributed by atoms with van der Waals surface area (Å²) in [6.07, 6.45) is 4.36. The number of furan rings is 1. The number of rotatable bonds is 5. The van der Waals surface area contributed by atoms with Gasteiger partial charge in [-0.3, -0.25) is 0 Å². The third-order valence-electron chi connectivity index (χ3n) is 3.72. The average Bonchev–Trinajstić information content (AvgIpc) is 3.18. The van der Waals surface area contributed by atoms with Gasteiger partial charge >= 0.3 is 0 Å². The summed E-state index contributed by atoms with van der Waals surface area (Å²) in [5, 5.41) is 3.71. The molecule has 1 heterocycles. The molecule has 0 saturated heterocycles. The molecule has 1 aliphatic carbocycles. The Morgan fingerprint density at radius 3 is 2.53 bits per heavy atom. The Labute approximate surface area is 122 Å². The van der Waals surface area contributed by atoms with E-state index < -0.39 is 0 Å². The summed E-state index contributed by atoms with van der Waals surface area (Å²) in [7, 11) is 0. The van der Waals surface area contributed by atoms with Crippen LogP contribution in [0.1, 0.15) is 43.2 Å². The lowest BCUT2D eigenvalue weighted by molar-refractivity contribution is 0.370. The Morgan fingerprint density at radius 1 is 1.21 bits per heavy atom. The molecule has 2 aromatic rings. The molecule has 0 spiro atoms. The van der Waals surface area contributed by atoms with Crippen LogP contribution in [-0.4, -0.2) is 0 Å². The van der Waals surface area contributed by atoms with Gasteiger partial charge in [0.1, 0.15) is 5.76 Å². The van der Waals surface area contributed by atoms with Gasteiger partial charge in [-0.15, -0.1) is 0 Å². The molecule has 1 N–H and O–H groups in total. The first-order chi connectivity index (χ1) is 9.25. The van der Waals surface area contributed by atoms with E-state index in [1.165, 1.54) is 18.4 Å². The van der Waals surface area contributed by atoms with Gasteiger partial charge in [-0.25, -0.2) is 0 Å². The number of nitrogens with one attached hydrogen (secondary N) is 1. The van der Waals surface area contributed by atoms with E-state index in [1.54, 1.807) is 6.26 Å². The smallest absolute Gasteiger partial charge is 0.134 e. The molecule has 0 unspecified atom stereocenters. The van der Waals surface area contributed by atoms with Crippen molar-refractivity contribution in [1.29, 1.82) is 0 Å². The topological polar surface area (TPSA) is 25.2 Å². The van der Waals surface area contributed by atoms with Crippen LogP contribution >= 0.6 is 15.9 Å². The molecule has 1 saturated carbocycles. The van der Waals surface area contributed by atoms with Crippen molar-refractivity contribution in [3.63, 3.8) is 0 Å². The van der Waals surface area contributed by atoms with Gasteiger partial charge in [-0.2, -0.15) is 0 Å². The number of hydrogen-bond donors (Lipinski definition) is 1. The van der Waals surface area contributed by atoms with Crippen molar-refractivity contribution in [2.75, 3.05) is 0 Å². The number of benzene rings is 1. The van der Waals surface area contributed by atoms with Gasteiger partial charge in [0, 0.05) is 6.04 Å². The second-order valence-corrected chi connectivity index (χ2v) is 6.10. The van der Waals surface area contributed by atoms with Crippen LogP contribution in [0.25, 0.3) is 0 Å². The minimum Gasteiger partial charge on any atom is -0.466 e. The second-order valence-electron chi connectivity index (χ2n) is 5.25. The number of halogens is 1. The molecule has 0 amide bonds. The molecule has 19 heavy (non-hydrogen) atoms. The summed E-state index contributed by atoms with van der Waals surface area (Å²) in [6.45, 7) is 2.15. The van der Waals surface area contributed by atoms with Gasteiger partial charge in [-0.1, -0.05) is 30.3 Å². The summed E-state index contributed by atoms with van der Waals surface area (Å²) in [5.74, 6) is 1.74. The molecule has 2 atom stereocenters. The van der Waals surface area contributed by atoms with E-state index in [1.807, 2.05) is 6.07 Å². The lowest BCUT2D eigenvalue weighted by Crippen LogP contribution is -2.26. The van der Waals surface area contributed by atoms with Crippen LogP contribution in [0.5, 0.6) is 0 Å². The standard InChI is InChI=1S/C16H18BrNO/c1-11(16-14(17)9-10-19-16)18-15(13-7-8-13)12-5-3-2-4-6-12/h2-6,9-11,13,15,18H,7-8H2,1H3/t11-,15-/m0/s1. The summed E-state index contributed by atoms with van der Waals surface area (Å²) in [5.41, 5.74) is 1.37. The molecule has 1 fully saturated rings. The molecule has 1 aromatic carbocycles. The van der Waals surface area contributed by atoms with E-state index in [9.17, 15) is 0 Å². The predicted octanol–water partition coefficient (Wildman–Crippen LogP) is 4.84. The molecule has 3 rings (SSSR count). The van der Waals surface area contributed by atoms with E-state index in [-0.39, 0.29) is 6.04 Å². The highest BCUT2D eigenvalue weighted by Gasteiger charge is 2.33. The highest BCUT2D eigenvalue weighted by atomic mass is 79.9. The largest absolute Gasteiger partial charge is 0.466 e. The zero-order chi connectivity index (χ0) is 13.2. The highest BCUT2D eigenvalue weighted by Crippen LogP contribution is 2.42. The summed E-state index contributed by atoms with van der Waals surface area (Å²) in [4.78, 5) is 0. The van der Waals surface area contributed by atoms with Crippen LogP contribution < -0.4 is 5.32 Å². The minimum atomic E-state index is 0.204. The van der Waals surface area contributed by atoms with Crippen LogP contribution in [0.3, 0.4) is 0 Å². The Bertz CT molecular complexity index is 533. The van der Waals surface area contributed by atoms with Crippen LogP contribution in [0.15, 0.2) is 51.6 Å². The van der Waals surface area contributed by atoms with Gasteiger partial charge in [0.2, 0.25) is 0 Å². The first kappa shape index (κ1) is 12.9. The Kier molecular flexibility index (Phi) is 3.76. The van der Waals surface area contributed by atoms with Gasteiger partial charge in [0.05, 0.1) is 16.8 Å². The third kappa shape index (κ3) is 2.93. The van der Waals surface area contributed by atoms with E-state index in [0.717, 1.165) is 16.2 Å². The molecule has 1 aliphatic rings. The average molecular weight is 320 g/mol. The van der Waals surface area contributed by atoms with Crippen molar-refractivity contribution >= 4 is 15.9 Å². The zero-order valence-electron chi connectivity index (χ0n) is 11.0. The SMILES string of the molecule is C[C@H](N[C@@H](c1ccccc1)C1CC1)c1occc1Br. The Balaban J connectivity index is 1.77. The molecular weight excluding hydrogens is 302 g/mol. The fourth-order valence-electron chi connectivity index (χ4n) is 2.55. The molecule has 0 radical (unpaired) electrons. The quantitative estimate of drug-likeness (QED) is 0.852. The van der Waals surface area contributed by atoms with Gasteiger partial charge in [0.25, 0.3) is 0 Å². The van der Waals surface area contributed by atoms with E-state index in [2.05, 4.69) is 58.5 Å². The molecule has 2 nitrogen and oxygen atoms in total. The van der Waals surface area contributed by atoms with E-state index in [4.69, 9.17) is 4.42 Å². The van der Waals surface area contributed by atoms with Crippen LogP contribution in [0.4, 0.5) is 0 Å². The highest BCUT2D eigenvalue weighted by molar-refractivity contribution is 9.10. The molecule has 0 aliphatic heterocycles. The van der Waals surface area contributed by atoms with Crippen molar-refractivity contribution in [2.45, 2.75) is 31.8 Å². The molecule has 1 aromatic heterocycles. The summed E-state index contributed by atoms with van der Waals surface area (Å²) >= 11 is 3.53. The van der Waals surface area contributed by atoms with Crippen LogP contribution in [0.2, 0.25) is 0 Å². The van der Waals surface area contributed by atoms with Crippen molar-refractivity contribution in [1.82, 2.24) is 5.32 Å². The van der Waals surface area contributed by atoms with E-state index >= 15 is 0 Å². The normalized spacial score (nSPS) is 18.2. The van der Waals surface area contributed by atoms with Crippen molar-refractivity contribution in [2.24, 2.45) is 5.92 Å². The second kappa shape index (κ2) is 5.51. The fraction of sp³-hybridized carbons (Fsp3) is 0.375. The first-order valence-electron chi connectivity index (χ1n) is 6.79. The predicted molar refractivity (Wildman–Crippen MR) is 79.9 cm³/mol. The van der Waals surface area contributed by atoms with Gasteiger partial charge in [0.15, 0.2) is 0 Å². The minimum absolute atomic E-state index is 0.204. The molecule has 3 heteroatoms. The van der Waals surface area contributed by atoms with E-state index in [0.29, 0.717) is 6.04 Å². The fourth-order valence-corrected chi connectivity index (χ4v) is 3.10. The monoisotopic (exact) mass is 319 g/mol. The summed E-state index contributed by atoms with van der Waals surface area (Å²) < 4.78 is 6.59. The third-order valence-corrected chi connectivity index (χ3v) is 4.37. The maximum atomic E-state index is 5.55. The van der Waals surface area contributed by atoms with Crippen LogP contribution in [-0.2, 0) is 0 Å². The van der Waals surface area contributed by atoms with Crippen molar-refractivity contribution in [3.05, 3.63) is 58.5 Å². The van der Waals surface area contributed by atoms with Gasteiger partial charge in [-0.05, 0) is 53.2 Å². The zero-order valence-corrected chi connectivity index (χ0v) is 12.6. The lowest BCUT2D eigenvalue weighted by Gasteiger charge is -2.23. The summed E-state index contributed by atoms with van der Waals surface area (Å²) in [6, 6.07) is 13.3. The molecule has 0 bridgehead atoms. The van der Waals surface area contributed by atoms with Gasteiger partial charge < -0.3 is 9.73 Å². The Morgan fingerprint density at radius 2 is 1.95 bits per heavy atom. The number of hydrogen-bond acceptors (Lipinski definition) is 2. The maximum absolute atomic E-state index is 5.55. The first-order valence-corrected chi connectivity index (χ1v) is 7.59. The molecule has 100 valence electrons. The van der Waals surface area contributed by atoms with Crippen molar-refractivity contribution < 1.29 is 4.42 Å². The van der Waals surface area contributed by atoms with Crippen LogP contribution in [0, 0.1) is 5.92 Å².